The molecule has 0 aliphatic heterocycles. The first-order chi connectivity index (χ1) is 10.1. The van der Waals surface area contributed by atoms with E-state index in [1.807, 2.05) is 32.0 Å². The van der Waals surface area contributed by atoms with Crippen molar-refractivity contribution >= 4 is 23.2 Å². The van der Waals surface area contributed by atoms with Crippen LogP contribution in [0.4, 0.5) is 5.69 Å². The van der Waals surface area contributed by atoms with Crippen LogP contribution in [-0.2, 0) is 9.53 Å². The average Bonchev–Trinajstić information content (AvgIpc) is 2.50. The van der Waals surface area contributed by atoms with Gasteiger partial charge in [0, 0.05) is 0 Å². The molecule has 0 heterocycles. The minimum Gasteiger partial charge on any atom is -0.357 e. The second kappa shape index (κ2) is 7.81. The van der Waals surface area contributed by atoms with Crippen molar-refractivity contribution in [1.29, 1.82) is 0 Å². The van der Waals surface area contributed by atoms with Gasteiger partial charge in [0.25, 0.3) is 0 Å². The Morgan fingerprint density at radius 3 is 2.43 bits per heavy atom. The van der Waals surface area contributed by atoms with Gasteiger partial charge in [-0.3, -0.25) is 9.69 Å². The molecule has 1 aromatic rings. The lowest BCUT2D eigenvalue weighted by molar-refractivity contribution is -0.118. The van der Waals surface area contributed by atoms with Crippen LogP contribution in [-0.4, -0.2) is 24.6 Å². The second-order valence-corrected chi connectivity index (χ2v) is 6.02. The zero-order valence-corrected chi connectivity index (χ0v) is 13.7. The number of para-hydroxylation sites is 1. The van der Waals surface area contributed by atoms with Crippen molar-refractivity contribution in [3.8, 4) is 0 Å². The number of amides is 1. The number of alkyl halides is 1. The molecule has 1 aromatic carbocycles. The summed E-state index contributed by atoms with van der Waals surface area (Å²) in [5.74, 6) is -0.133. The molecule has 4 heteroatoms. The van der Waals surface area contributed by atoms with Crippen molar-refractivity contribution in [2.75, 3.05) is 17.5 Å². The first-order valence-electron chi connectivity index (χ1n) is 7.67. The van der Waals surface area contributed by atoms with Gasteiger partial charge >= 0.3 is 0 Å². The third-order valence-corrected chi connectivity index (χ3v) is 4.34. The molecule has 0 unspecified atom stereocenters. The van der Waals surface area contributed by atoms with Crippen LogP contribution in [0.25, 0.3) is 0 Å². The fraction of sp³-hybridized carbons (Fsp3) is 0.588. The Labute approximate surface area is 132 Å². The third kappa shape index (κ3) is 4.21. The number of rotatable bonds is 5. The van der Waals surface area contributed by atoms with E-state index in [4.69, 9.17) is 16.3 Å². The van der Waals surface area contributed by atoms with E-state index in [0.29, 0.717) is 6.73 Å². The lowest BCUT2D eigenvalue weighted by Gasteiger charge is -2.29. The highest BCUT2D eigenvalue weighted by Crippen LogP contribution is 2.26. The molecule has 0 atom stereocenters. The molecule has 21 heavy (non-hydrogen) atoms. The second-order valence-electron chi connectivity index (χ2n) is 5.75. The summed E-state index contributed by atoms with van der Waals surface area (Å²) < 4.78 is 5.98. The number of carbonyl (C=O) groups excluding carboxylic acids is 1. The Balaban J connectivity index is 2.12. The normalized spacial score (nSPS) is 16.0. The van der Waals surface area contributed by atoms with Gasteiger partial charge < -0.3 is 4.74 Å². The van der Waals surface area contributed by atoms with Gasteiger partial charge in [-0.15, -0.1) is 11.6 Å². The summed E-state index contributed by atoms with van der Waals surface area (Å²) in [6.45, 7) is 4.32. The number of halogens is 1. The van der Waals surface area contributed by atoms with E-state index in [2.05, 4.69) is 0 Å². The summed E-state index contributed by atoms with van der Waals surface area (Å²) in [4.78, 5) is 13.9. The van der Waals surface area contributed by atoms with Crippen LogP contribution >= 0.6 is 11.6 Å². The van der Waals surface area contributed by atoms with E-state index in [-0.39, 0.29) is 17.9 Å². The van der Waals surface area contributed by atoms with E-state index in [1.54, 1.807) is 4.90 Å². The summed E-state index contributed by atoms with van der Waals surface area (Å²) in [5, 5.41) is 0. The van der Waals surface area contributed by atoms with Crippen molar-refractivity contribution < 1.29 is 9.53 Å². The number of benzene rings is 1. The zero-order valence-electron chi connectivity index (χ0n) is 12.9. The van der Waals surface area contributed by atoms with Crippen molar-refractivity contribution in [3.63, 3.8) is 0 Å². The zero-order chi connectivity index (χ0) is 15.2. The molecule has 2 rings (SSSR count). The van der Waals surface area contributed by atoms with Crippen LogP contribution < -0.4 is 4.90 Å². The highest BCUT2D eigenvalue weighted by atomic mass is 35.5. The third-order valence-electron chi connectivity index (χ3n) is 4.12. The minimum atomic E-state index is -0.107. The summed E-state index contributed by atoms with van der Waals surface area (Å²) in [6.07, 6.45) is 6.19. The molecular formula is C17H24ClNO2. The standard InChI is InChI=1S/C17H24ClNO2/c1-13-7-6-8-14(2)17(13)19(16(20)11-18)12-21-15-9-4-3-5-10-15/h6-8,15H,3-5,9-12H2,1-2H3. The first kappa shape index (κ1) is 16.3. The first-order valence-corrected chi connectivity index (χ1v) is 8.21. The van der Waals surface area contributed by atoms with Gasteiger partial charge in [0.1, 0.15) is 12.6 Å². The topological polar surface area (TPSA) is 29.5 Å². The highest BCUT2D eigenvalue weighted by molar-refractivity contribution is 6.29. The number of aryl methyl sites for hydroxylation is 2. The molecular weight excluding hydrogens is 286 g/mol. The number of nitrogens with zero attached hydrogens (tertiary/aromatic N) is 1. The molecule has 0 saturated heterocycles. The van der Waals surface area contributed by atoms with Crippen molar-refractivity contribution in [2.45, 2.75) is 52.1 Å². The van der Waals surface area contributed by atoms with E-state index in [1.165, 1.54) is 19.3 Å². The number of hydrogen-bond acceptors (Lipinski definition) is 2. The lowest BCUT2D eigenvalue weighted by Crippen LogP contribution is -2.37. The average molecular weight is 310 g/mol. The molecule has 3 nitrogen and oxygen atoms in total. The molecule has 1 amide bonds. The lowest BCUT2D eigenvalue weighted by atomic mass is 9.98. The molecule has 0 aromatic heterocycles. The number of anilines is 1. The highest BCUT2D eigenvalue weighted by Gasteiger charge is 2.21. The maximum atomic E-state index is 12.2. The van der Waals surface area contributed by atoms with Gasteiger partial charge in [-0.2, -0.15) is 0 Å². The van der Waals surface area contributed by atoms with Crippen LogP contribution in [0.1, 0.15) is 43.2 Å². The van der Waals surface area contributed by atoms with Crippen LogP contribution in [0.5, 0.6) is 0 Å². The van der Waals surface area contributed by atoms with Crippen LogP contribution in [0, 0.1) is 13.8 Å². The van der Waals surface area contributed by atoms with E-state index in [9.17, 15) is 4.79 Å². The molecule has 1 saturated carbocycles. The van der Waals surface area contributed by atoms with Gasteiger partial charge in [-0.05, 0) is 37.8 Å². The van der Waals surface area contributed by atoms with E-state index in [0.717, 1.165) is 29.7 Å². The molecule has 1 aliphatic carbocycles. The van der Waals surface area contributed by atoms with Crippen molar-refractivity contribution in [3.05, 3.63) is 29.3 Å². The quantitative estimate of drug-likeness (QED) is 0.603. The van der Waals surface area contributed by atoms with Crippen LogP contribution in [0.15, 0.2) is 18.2 Å². The monoisotopic (exact) mass is 309 g/mol. The largest absolute Gasteiger partial charge is 0.357 e. The van der Waals surface area contributed by atoms with Crippen molar-refractivity contribution in [1.82, 2.24) is 0 Å². The SMILES string of the molecule is Cc1cccc(C)c1N(COC1CCCCC1)C(=O)CCl. The minimum absolute atomic E-state index is 0.0260. The fourth-order valence-corrected chi connectivity index (χ4v) is 3.12. The predicted octanol–water partition coefficient (Wildman–Crippen LogP) is 4.18. The molecule has 0 N–H and O–H groups in total. The smallest absolute Gasteiger partial charge is 0.243 e. The molecule has 0 spiro atoms. The van der Waals surface area contributed by atoms with Gasteiger partial charge in [0.2, 0.25) is 5.91 Å². The van der Waals surface area contributed by atoms with Crippen LogP contribution in [0.3, 0.4) is 0 Å². The van der Waals surface area contributed by atoms with E-state index >= 15 is 0 Å². The Hall–Kier alpha value is -1.06. The van der Waals surface area contributed by atoms with Gasteiger partial charge in [-0.25, -0.2) is 0 Å². The van der Waals surface area contributed by atoms with Crippen LogP contribution in [0.2, 0.25) is 0 Å². The number of ether oxygens (including phenoxy) is 1. The van der Waals surface area contributed by atoms with Gasteiger partial charge in [0.05, 0.1) is 11.8 Å². The summed E-state index contributed by atoms with van der Waals surface area (Å²) in [5.41, 5.74) is 3.07. The Morgan fingerprint density at radius 2 is 1.86 bits per heavy atom. The Morgan fingerprint density at radius 1 is 1.24 bits per heavy atom. The molecule has 0 bridgehead atoms. The van der Waals surface area contributed by atoms with E-state index < -0.39 is 0 Å². The Kier molecular flexibility index (Phi) is 6.07. The predicted molar refractivity (Wildman–Crippen MR) is 86.9 cm³/mol. The summed E-state index contributed by atoms with van der Waals surface area (Å²) >= 11 is 5.78. The Bertz CT molecular complexity index is 463. The molecule has 1 aliphatic rings. The summed E-state index contributed by atoms with van der Waals surface area (Å²) in [7, 11) is 0. The maximum absolute atomic E-state index is 12.2. The summed E-state index contributed by atoms with van der Waals surface area (Å²) in [6, 6.07) is 6.02. The van der Waals surface area contributed by atoms with Crippen molar-refractivity contribution in [2.24, 2.45) is 0 Å². The molecule has 0 radical (unpaired) electrons. The fourth-order valence-electron chi connectivity index (χ4n) is 2.98. The maximum Gasteiger partial charge on any atom is 0.243 e. The van der Waals surface area contributed by atoms with Gasteiger partial charge in [0.15, 0.2) is 0 Å². The molecule has 1 fully saturated rings. The number of carbonyl (C=O) groups is 1. The number of hydrogen-bond donors (Lipinski definition) is 0. The van der Waals surface area contributed by atoms with Gasteiger partial charge in [-0.1, -0.05) is 37.5 Å². The molecule has 116 valence electrons.